The van der Waals surface area contributed by atoms with Crippen LogP contribution in [0, 0.1) is 5.92 Å². The molecule has 0 spiro atoms. The van der Waals surface area contributed by atoms with Crippen LogP contribution in [0.2, 0.25) is 0 Å². The molecule has 1 heterocycles. The molecule has 0 unspecified atom stereocenters. The number of urea groups is 1. The molecule has 1 rings (SSSR count). The Labute approximate surface area is 68.8 Å². The second-order valence-corrected chi connectivity index (χ2v) is 2.38. The van der Waals surface area contributed by atoms with Crippen LogP contribution in [0.3, 0.4) is 0 Å². The lowest BCUT2D eigenvalue weighted by Crippen LogP contribution is -2.55. The van der Waals surface area contributed by atoms with Gasteiger partial charge in [-0.1, -0.05) is 6.08 Å². The third-order valence-electron chi connectivity index (χ3n) is 1.51. The fourth-order valence-corrected chi connectivity index (χ4v) is 0.929. The monoisotopic (exact) mass is 168 g/mol. The van der Waals surface area contributed by atoms with Gasteiger partial charge in [0.05, 0.1) is 0 Å². The van der Waals surface area contributed by atoms with E-state index in [-0.39, 0.29) is 6.42 Å². The predicted octanol–water partition coefficient (Wildman–Crippen LogP) is -0.455. The number of hydrogen-bond acceptors (Lipinski definition) is 3. The van der Waals surface area contributed by atoms with Gasteiger partial charge >= 0.3 is 6.03 Å². The van der Waals surface area contributed by atoms with Crippen molar-refractivity contribution in [1.29, 1.82) is 0 Å². The van der Waals surface area contributed by atoms with Gasteiger partial charge < -0.3 is 0 Å². The summed E-state index contributed by atoms with van der Waals surface area (Å²) in [5.74, 6) is -1.95. The highest BCUT2D eigenvalue weighted by Gasteiger charge is 2.32. The Morgan fingerprint density at radius 1 is 1.25 bits per heavy atom. The second-order valence-electron chi connectivity index (χ2n) is 2.38. The minimum Gasteiger partial charge on any atom is -0.277 e. The molecular weight excluding hydrogens is 160 g/mol. The van der Waals surface area contributed by atoms with Crippen LogP contribution in [-0.2, 0) is 9.59 Å². The van der Waals surface area contributed by atoms with E-state index in [4.69, 9.17) is 0 Å². The number of carbonyl (C=O) groups is 3. The first-order chi connectivity index (χ1) is 5.65. The third kappa shape index (κ3) is 1.50. The summed E-state index contributed by atoms with van der Waals surface area (Å²) in [5.41, 5.74) is 0. The van der Waals surface area contributed by atoms with Gasteiger partial charge in [0.15, 0.2) is 0 Å². The van der Waals surface area contributed by atoms with Gasteiger partial charge in [0, 0.05) is 0 Å². The van der Waals surface area contributed by atoms with Crippen LogP contribution in [0.4, 0.5) is 4.79 Å². The van der Waals surface area contributed by atoms with E-state index >= 15 is 0 Å². The lowest BCUT2D eigenvalue weighted by Gasteiger charge is -2.18. The van der Waals surface area contributed by atoms with Crippen molar-refractivity contribution in [3.63, 3.8) is 0 Å². The number of amides is 4. The van der Waals surface area contributed by atoms with E-state index in [1.165, 1.54) is 6.08 Å². The summed E-state index contributed by atoms with van der Waals surface area (Å²) in [5, 5.41) is 3.97. The van der Waals surface area contributed by atoms with E-state index in [1.807, 2.05) is 10.6 Å². The normalized spacial score (nSPS) is 18.5. The molecule has 0 aromatic rings. The average molecular weight is 168 g/mol. The van der Waals surface area contributed by atoms with Gasteiger partial charge in [-0.15, -0.1) is 6.58 Å². The first-order valence-electron chi connectivity index (χ1n) is 3.41. The zero-order valence-electron chi connectivity index (χ0n) is 6.29. The summed E-state index contributed by atoms with van der Waals surface area (Å²) in [7, 11) is 0. The van der Waals surface area contributed by atoms with Crippen molar-refractivity contribution >= 4 is 17.8 Å². The van der Waals surface area contributed by atoms with Gasteiger partial charge in [-0.05, 0) is 6.42 Å². The van der Waals surface area contributed by atoms with E-state index < -0.39 is 23.8 Å². The molecule has 0 bridgehead atoms. The van der Waals surface area contributed by atoms with Gasteiger partial charge in [-0.25, -0.2) is 4.79 Å². The Morgan fingerprint density at radius 2 is 1.75 bits per heavy atom. The molecule has 1 aliphatic heterocycles. The number of carbonyl (C=O) groups excluding carboxylic acids is 3. The molecular formula is C7H8N2O3. The maximum absolute atomic E-state index is 11.0. The molecule has 0 radical (unpaired) electrons. The van der Waals surface area contributed by atoms with Crippen LogP contribution in [0.15, 0.2) is 12.7 Å². The molecule has 0 saturated carbocycles. The van der Waals surface area contributed by atoms with E-state index in [2.05, 4.69) is 6.58 Å². The SMILES string of the molecule is C=CCC1C(=O)NC(=O)NC1=O. The van der Waals surface area contributed by atoms with Crippen molar-refractivity contribution < 1.29 is 14.4 Å². The van der Waals surface area contributed by atoms with E-state index in [0.717, 1.165) is 0 Å². The molecule has 1 saturated heterocycles. The van der Waals surface area contributed by atoms with Crippen molar-refractivity contribution in [3.05, 3.63) is 12.7 Å². The first kappa shape index (κ1) is 8.45. The van der Waals surface area contributed by atoms with Gasteiger partial charge in [0.1, 0.15) is 5.92 Å². The predicted molar refractivity (Wildman–Crippen MR) is 40.0 cm³/mol. The van der Waals surface area contributed by atoms with E-state index in [0.29, 0.717) is 0 Å². The first-order valence-corrected chi connectivity index (χ1v) is 3.41. The molecule has 5 heteroatoms. The molecule has 2 N–H and O–H groups in total. The summed E-state index contributed by atoms with van der Waals surface area (Å²) in [6.07, 6.45) is 1.70. The van der Waals surface area contributed by atoms with Gasteiger partial charge in [0.2, 0.25) is 11.8 Å². The lowest BCUT2D eigenvalue weighted by molar-refractivity contribution is -0.135. The molecule has 0 atom stereocenters. The molecule has 1 aliphatic rings. The van der Waals surface area contributed by atoms with Gasteiger partial charge in [0.25, 0.3) is 0 Å². The van der Waals surface area contributed by atoms with Crippen LogP contribution in [0.1, 0.15) is 6.42 Å². The van der Waals surface area contributed by atoms with Crippen LogP contribution in [-0.4, -0.2) is 17.8 Å². The summed E-state index contributed by atoms with van der Waals surface area (Å²) in [6.45, 7) is 3.40. The fraction of sp³-hybridized carbons (Fsp3) is 0.286. The smallest absolute Gasteiger partial charge is 0.277 e. The molecule has 1 fully saturated rings. The van der Waals surface area contributed by atoms with Gasteiger partial charge in [-0.3, -0.25) is 20.2 Å². The Kier molecular flexibility index (Phi) is 2.23. The van der Waals surface area contributed by atoms with Crippen molar-refractivity contribution in [2.45, 2.75) is 6.42 Å². The maximum Gasteiger partial charge on any atom is 0.328 e. The Morgan fingerprint density at radius 3 is 2.17 bits per heavy atom. The largest absolute Gasteiger partial charge is 0.328 e. The fourth-order valence-electron chi connectivity index (χ4n) is 0.929. The minimum atomic E-state index is -0.819. The van der Waals surface area contributed by atoms with Crippen LogP contribution in [0.25, 0.3) is 0 Å². The Balaban J connectivity index is 2.73. The summed E-state index contributed by atoms with van der Waals surface area (Å²) in [6, 6.07) is -0.759. The number of allylic oxidation sites excluding steroid dienone is 1. The highest BCUT2D eigenvalue weighted by atomic mass is 16.2. The lowest BCUT2D eigenvalue weighted by atomic mass is 10.0. The molecule has 4 amide bonds. The summed E-state index contributed by atoms with van der Waals surface area (Å²) in [4.78, 5) is 32.5. The highest BCUT2D eigenvalue weighted by Crippen LogP contribution is 2.06. The number of hydrogen-bond donors (Lipinski definition) is 2. The van der Waals surface area contributed by atoms with Crippen molar-refractivity contribution in [2.75, 3.05) is 0 Å². The number of rotatable bonds is 2. The molecule has 0 aromatic carbocycles. The van der Waals surface area contributed by atoms with Crippen molar-refractivity contribution in [2.24, 2.45) is 5.92 Å². The summed E-state index contributed by atoms with van der Waals surface area (Å²) >= 11 is 0. The zero-order chi connectivity index (χ0) is 9.14. The van der Waals surface area contributed by atoms with E-state index in [9.17, 15) is 14.4 Å². The average Bonchev–Trinajstić information content (AvgIpc) is 1.96. The maximum atomic E-state index is 11.0. The molecule has 64 valence electrons. The minimum absolute atomic E-state index is 0.241. The van der Waals surface area contributed by atoms with Crippen LogP contribution < -0.4 is 10.6 Å². The Bertz CT molecular complexity index is 239. The Hall–Kier alpha value is -1.65. The standard InChI is InChI=1S/C7H8N2O3/c1-2-3-4-5(10)8-7(12)9-6(4)11/h2,4H,1,3H2,(H2,8,9,10,11,12). The zero-order valence-corrected chi connectivity index (χ0v) is 6.29. The molecule has 0 aromatic heterocycles. The molecule has 0 aliphatic carbocycles. The van der Waals surface area contributed by atoms with Crippen molar-refractivity contribution in [3.8, 4) is 0 Å². The number of barbiturate groups is 1. The second kappa shape index (κ2) is 3.17. The van der Waals surface area contributed by atoms with Gasteiger partial charge in [-0.2, -0.15) is 0 Å². The third-order valence-corrected chi connectivity index (χ3v) is 1.51. The summed E-state index contributed by atoms with van der Waals surface area (Å²) < 4.78 is 0. The van der Waals surface area contributed by atoms with Crippen LogP contribution in [0.5, 0.6) is 0 Å². The molecule has 5 nitrogen and oxygen atoms in total. The highest BCUT2D eigenvalue weighted by molar-refractivity contribution is 6.16. The van der Waals surface area contributed by atoms with Crippen molar-refractivity contribution in [1.82, 2.24) is 10.6 Å². The molecule has 12 heavy (non-hydrogen) atoms. The number of imide groups is 2. The quantitative estimate of drug-likeness (QED) is 0.433. The topological polar surface area (TPSA) is 75.3 Å². The van der Waals surface area contributed by atoms with Crippen LogP contribution >= 0.6 is 0 Å². The van der Waals surface area contributed by atoms with E-state index in [1.54, 1.807) is 0 Å². The number of nitrogens with one attached hydrogen (secondary N) is 2.